The molecule has 2 heteroatoms. The highest BCUT2D eigenvalue weighted by atomic mass is 35.5. The van der Waals surface area contributed by atoms with Gasteiger partial charge in [0.2, 0.25) is 0 Å². The molecule has 0 atom stereocenters. The molecular formula is C8H8ClN. The second-order valence-electron chi connectivity index (χ2n) is 2.68. The maximum Gasteiger partial charge on any atom is 0.0589 e. The Labute approximate surface area is 65.0 Å². The summed E-state index contributed by atoms with van der Waals surface area (Å²) in [6, 6.07) is 3.92. The molecule has 1 aromatic rings. The minimum absolute atomic E-state index is 0.726. The average Bonchev–Trinajstić information content (AvgIpc) is 2.71. The number of hydrogen-bond acceptors (Lipinski definition) is 1. The van der Waals surface area contributed by atoms with E-state index in [-0.39, 0.29) is 0 Å². The molecule has 1 saturated carbocycles. The highest BCUT2D eigenvalue weighted by molar-refractivity contribution is 6.30. The van der Waals surface area contributed by atoms with Crippen molar-refractivity contribution in [3.05, 3.63) is 29.0 Å². The fourth-order valence-electron chi connectivity index (χ4n) is 1.01. The van der Waals surface area contributed by atoms with E-state index in [4.69, 9.17) is 11.6 Å². The van der Waals surface area contributed by atoms with Crippen molar-refractivity contribution in [3.63, 3.8) is 0 Å². The maximum absolute atomic E-state index is 5.67. The van der Waals surface area contributed by atoms with Gasteiger partial charge in [-0.15, -0.1) is 0 Å². The first-order valence-corrected chi connectivity index (χ1v) is 3.85. The predicted molar refractivity (Wildman–Crippen MR) is 41.2 cm³/mol. The zero-order valence-electron chi connectivity index (χ0n) is 5.55. The van der Waals surface area contributed by atoms with Gasteiger partial charge in [0.15, 0.2) is 0 Å². The molecule has 0 N–H and O–H groups in total. The molecule has 0 bridgehead atoms. The molecule has 0 amide bonds. The lowest BCUT2D eigenvalue weighted by molar-refractivity contribution is 1.02. The third-order valence-corrected chi connectivity index (χ3v) is 1.97. The van der Waals surface area contributed by atoms with Gasteiger partial charge in [-0.3, -0.25) is 4.98 Å². The van der Waals surface area contributed by atoms with Crippen LogP contribution in [-0.4, -0.2) is 4.98 Å². The Morgan fingerprint density at radius 1 is 1.40 bits per heavy atom. The summed E-state index contributed by atoms with van der Waals surface area (Å²) in [5.41, 5.74) is 1.20. The summed E-state index contributed by atoms with van der Waals surface area (Å²) in [6.45, 7) is 0. The molecule has 1 aromatic heterocycles. The summed E-state index contributed by atoms with van der Waals surface area (Å²) >= 11 is 5.67. The van der Waals surface area contributed by atoms with Gasteiger partial charge in [-0.1, -0.05) is 11.6 Å². The van der Waals surface area contributed by atoms with E-state index >= 15 is 0 Å². The van der Waals surface area contributed by atoms with Gasteiger partial charge in [0.1, 0.15) is 0 Å². The fourth-order valence-corrected chi connectivity index (χ4v) is 1.12. The molecule has 10 heavy (non-hydrogen) atoms. The first-order chi connectivity index (χ1) is 4.86. The van der Waals surface area contributed by atoms with Gasteiger partial charge in [0.05, 0.1) is 5.02 Å². The van der Waals surface area contributed by atoms with Gasteiger partial charge in [0.25, 0.3) is 0 Å². The maximum atomic E-state index is 5.67. The Morgan fingerprint density at radius 3 is 2.70 bits per heavy atom. The first kappa shape index (κ1) is 6.17. The lowest BCUT2D eigenvalue weighted by Gasteiger charge is -1.94. The highest BCUT2D eigenvalue weighted by Gasteiger charge is 2.24. The molecule has 1 heterocycles. The third-order valence-electron chi connectivity index (χ3n) is 1.75. The Kier molecular flexibility index (Phi) is 1.38. The molecular weight excluding hydrogens is 146 g/mol. The minimum atomic E-state index is 0.726. The number of rotatable bonds is 1. The molecule has 1 aliphatic rings. The molecule has 2 rings (SSSR count). The fraction of sp³-hybridized carbons (Fsp3) is 0.375. The zero-order valence-corrected chi connectivity index (χ0v) is 6.30. The largest absolute Gasteiger partial charge is 0.259 e. The molecule has 0 spiro atoms. The van der Waals surface area contributed by atoms with Crippen molar-refractivity contribution in [2.45, 2.75) is 18.8 Å². The number of hydrogen-bond donors (Lipinski definition) is 0. The number of nitrogens with zero attached hydrogens (tertiary/aromatic N) is 1. The summed E-state index contributed by atoms with van der Waals surface area (Å²) < 4.78 is 0. The highest BCUT2D eigenvalue weighted by Crippen LogP contribution is 2.38. The second kappa shape index (κ2) is 2.24. The monoisotopic (exact) mass is 153 g/mol. The van der Waals surface area contributed by atoms with Gasteiger partial charge in [-0.25, -0.2) is 0 Å². The van der Waals surface area contributed by atoms with Gasteiger partial charge in [0, 0.05) is 17.8 Å². The van der Waals surface area contributed by atoms with Gasteiger partial charge in [-0.05, 0) is 25.0 Å². The Balaban J connectivity index is 2.28. The molecule has 0 radical (unpaired) electrons. The van der Waals surface area contributed by atoms with Crippen LogP contribution in [0.4, 0.5) is 0 Å². The van der Waals surface area contributed by atoms with E-state index in [1.165, 1.54) is 18.5 Å². The summed E-state index contributed by atoms with van der Waals surface area (Å²) in [7, 11) is 0. The van der Waals surface area contributed by atoms with Crippen LogP contribution in [0.3, 0.4) is 0 Å². The van der Waals surface area contributed by atoms with E-state index in [9.17, 15) is 0 Å². The van der Waals surface area contributed by atoms with Crippen LogP contribution >= 0.6 is 11.6 Å². The van der Waals surface area contributed by atoms with Crippen LogP contribution in [0.5, 0.6) is 0 Å². The smallest absolute Gasteiger partial charge is 0.0589 e. The molecule has 0 saturated heterocycles. The van der Waals surface area contributed by atoms with Crippen LogP contribution < -0.4 is 0 Å². The number of halogens is 1. The van der Waals surface area contributed by atoms with Crippen molar-refractivity contribution in [1.82, 2.24) is 4.98 Å². The van der Waals surface area contributed by atoms with Crippen molar-refractivity contribution in [2.75, 3.05) is 0 Å². The molecule has 0 unspecified atom stereocenters. The van der Waals surface area contributed by atoms with Crippen LogP contribution in [0.15, 0.2) is 18.3 Å². The van der Waals surface area contributed by atoms with Gasteiger partial charge >= 0.3 is 0 Å². The predicted octanol–water partition coefficient (Wildman–Crippen LogP) is 2.61. The van der Waals surface area contributed by atoms with Crippen LogP contribution in [0.25, 0.3) is 0 Å². The Bertz CT molecular complexity index is 226. The summed E-state index contributed by atoms with van der Waals surface area (Å²) in [5, 5.41) is 0.726. The van der Waals surface area contributed by atoms with Crippen molar-refractivity contribution in [2.24, 2.45) is 0 Å². The van der Waals surface area contributed by atoms with E-state index in [2.05, 4.69) is 4.98 Å². The average molecular weight is 154 g/mol. The van der Waals surface area contributed by atoms with Crippen LogP contribution in [0.2, 0.25) is 5.02 Å². The Hall–Kier alpha value is -0.560. The SMILES string of the molecule is Clc1ccc(C2CC2)nc1. The Morgan fingerprint density at radius 2 is 2.20 bits per heavy atom. The summed E-state index contributed by atoms with van der Waals surface area (Å²) in [6.07, 6.45) is 4.32. The van der Waals surface area contributed by atoms with Gasteiger partial charge < -0.3 is 0 Å². The van der Waals surface area contributed by atoms with E-state index in [0.29, 0.717) is 0 Å². The molecule has 0 aliphatic heterocycles. The number of pyridine rings is 1. The van der Waals surface area contributed by atoms with E-state index < -0.39 is 0 Å². The first-order valence-electron chi connectivity index (χ1n) is 3.48. The topological polar surface area (TPSA) is 12.9 Å². The molecule has 52 valence electrons. The van der Waals surface area contributed by atoms with E-state index in [1.807, 2.05) is 12.1 Å². The van der Waals surface area contributed by atoms with Gasteiger partial charge in [-0.2, -0.15) is 0 Å². The van der Waals surface area contributed by atoms with Crippen LogP contribution in [0, 0.1) is 0 Å². The van der Waals surface area contributed by atoms with Crippen molar-refractivity contribution >= 4 is 11.6 Å². The van der Waals surface area contributed by atoms with Crippen LogP contribution in [0.1, 0.15) is 24.5 Å². The standard InChI is InChI=1S/C8H8ClN/c9-7-3-4-8(10-5-7)6-1-2-6/h3-6H,1-2H2. The summed E-state index contributed by atoms with van der Waals surface area (Å²) in [4.78, 5) is 4.21. The molecule has 0 aromatic carbocycles. The molecule has 1 fully saturated rings. The van der Waals surface area contributed by atoms with Crippen molar-refractivity contribution in [3.8, 4) is 0 Å². The van der Waals surface area contributed by atoms with E-state index in [0.717, 1.165) is 10.9 Å². The number of aromatic nitrogens is 1. The van der Waals surface area contributed by atoms with Crippen molar-refractivity contribution in [1.29, 1.82) is 0 Å². The van der Waals surface area contributed by atoms with Crippen molar-refractivity contribution < 1.29 is 0 Å². The lowest BCUT2D eigenvalue weighted by atomic mass is 10.2. The quantitative estimate of drug-likeness (QED) is 0.605. The normalized spacial score (nSPS) is 17.3. The second-order valence-corrected chi connectivity index (χ2v) is 3.11. The zero-order chi connectivity index (χ0) is 6.97. The van der Waals surface area contributed by atoms with E-state index in [1.54, 1.807) is 6.20 Å². The minimum Gasteiger partial charge on any atom is -0.259 e. The molecule has 1 nitrogen and oxygen atoms in total. The summed E-state index contributed by atoms with van der Waals surface area (Å²) in [5.74, 6) is 0.734. The lowest BCUT2D eigenvalue weighted by Crippen LogP contribution is -1.82. The molecule has 1 aliphatic carbocycles. The third kappa shape index (κ3) is 1.14. The van der Waals surface area contributed by atoms with Crippen LogP contribution in [-0.2, 0) is 0 Å².